The summed E-state index contributed by atoms with van der Waals surface area (Å²) >= 11 is 6.45. The van der Waals surface area contributed by atoms with Gasteiger partial charge >= 0.3 is 0 Å². The molecule has 0 fully saturated rings. The van der Waals surface area contributed by atoms with Crippen molar-refractivity contribution in [1.82, 2.24) is 5.43 Å². The molecule has 0 aliphatic carbocycles. The number of amides is 1. The molecule has 7 heteroatoms. The number of nitrogens with one attached hydrogen (secondary N) is 1. The lowest BCUT2D eigenvalue weighted by Crippen LogP contribution is -2.17. The molecule has 3 aromatic carbocycles. The number of phenolic OH excluding ortho intramolecular Hbond substituents is 2. The first-order chi connectivity index (χ1) is 12.0. The van der Waals surface area contributed by atoms with Crippen LogP contribution in [0.3, 0.4) is 0 Å². The third-order valence-corrected chi connectivity index (χ3v) is 4.74. The maximum atomic E-state index is 12.2. The maximum absolute atomic E-state index is 12.2. The Hall–Kier alpha value is -2.38. The Morgan fingerprint density at radius 1 is 1.00 bits per heavy atom. The molecular formula is C18H12Br2N2O3. The van der Waals surface area contributed by atoms with E-state index in [-0.39, 0.29) is 17.1 Å². The van der Waals surface area contributed by atoms with Gasteiger partial charge in [-0.15, -0.1) is 0 Å². The molecule has 0 saturated heterocycles. The zero-order valence-corrected chi connectivity index (χ0v) is 15.9. The topological polar surface area (TPSA) is 81.9 Å². The van der Waals surface area contributed by atoms with Crippen LogP contribution in [0.1, 0.15) is 15.9 Å². The van der Waals surface area contributed by atoms with Crippen molar-refractivity contribution in [2.45, 2.75) is 0 Å². The van der Waals surface area contributed by atoms with E-state index in [1.807, 2.05) is 24.3 Å². The van der Waals surface area contributed by atoms with Crippen LogP contribution in [-0.4, -0.2) is 22.3 Å². The fourth-order valence-electron chi connectivity index (χ4n) is 2.30. The lowest BCUT2D eigenvalue weighted by Gasteiger charge is -2.06. The number of benzene rings is 3. The molecule has 0 unspecified atom stereocenters. The Bertz CT molecular complexity index is 980. The van der Waals surface area contributed by atoms with Crippen LogP contribution in [-0.2, 0) is 0 Å². The first-order valence-corrected chi connectivity index (χ1v) is 8.77. The number of carbonyl (C=O) groups excluding carboxylic acids is 1. The van der Waals surface area contributed by atoms with Gasteiger partial charge in [0.25, 0.3) is 5.91 Å². The average Bonchev–Trinajstić information content (AvgIpc) is 2.58. The van der Waals surface area contributed by atoms with Crippen molar-refractivity contribution < 1.29 is 15.0 Å². The lowest BCUT2D eigenvalue weighted by atomic mass is 10.1. The van der Waals surface area contributed by atoms with Crippen molar-refractivity contribution in [1.29, 1.82) is 0 Å². The van der Waals surface area contributed by atoms with E-state index >= 15 is 0 Å². The van der Waals surface area contributed by atoms with Gasteiger partial charge in [-0.3, -0.25) is 4.79 Å². The summed E-state index contributed by atoms with van der Waals surface area (Å²) in [6.45, 7) is 0. The van der Waals surface area contributed by atoms with Crippen molar-refractivity contribution in [3.05, 3.63) is 68.6 Å². The summed E-state index contributed by atoms with van der Waals surface area (Å²) < 4.78 is 1.00. The molecule has 0 aromatic heterocycles. The van der Waals surface area contributed by atoms with E-state index in [0.29, 0.717) is 14.5 Å². The van der Waals surface area contributed by atoms with Crippen LogP contribution in [0, 0.1) is 0 Å². The van der Waals surface area contributed by atoms with Gasteiger partial charge in [-0.05, 0) is 72.5 Å². The second-order valence-corrected chi connectivity index (χ2v) is 6.96. The molecule has 0 bridgehead atoms. The third-order valence-electron chi connectivity index (χ3n) is 3.53. The van der Waals surface area contributed by atoms with Gasteiger partial charge in [0, 0.05) is 0 Å². The molecule has 0 aliphatic rings. The Morgan fingerprint density at radius 2 is 1.60 bits per heavy atom. The van der Waals surface area contributed by atoms with E-state index in [2.05, 4.69) is 42.4 Å². The minimum absolute atomic E-state index is 0.0854. The maximum Gasteiger partial charge on any atom is 0.275 e. The van der Waals surface area contributed by atoms with Crippen LogP contribution in [0.5, 0.6) is 11.5 Å². The minimum Gasteiger partial charge on any atom is -0.507 e. The summed E-state index contributed by atoms with van der Waals surface area (Å²) in [5.41, 5.74) is 3.19. The number of carbonyl (C=O) groups is 1. The highest BCUT2D eigenvalue weighted by atomic mass is 79.9. The normalized spacial score (nSPS) is 11.1. The molecule has 3 aromatic rings. The van der Waals surface area contributed by atoms with Crippen LogP contribution in [0.25, 0.3) is 10.8 Å². The fourth-order valence-corrected chi connectivity index (χ4v) is 3.52. The quantitative estimate of drug-likeness (QED) is 0.394. The van der Waals surface area contributed by atoms with Crippen LogP contribution < -0.4 is 5.43 Å². The molecule has 3 rings (SSSR count). The summed E-state index contributed by atoms with van der Waals surface area (Å²) in [4.78, 5) is 12.2. The van der Waals surface area contributed by atoms with Gasteiger partial charge in [-0.25, -0.2) is 5.43 Å². The molecule has 0 radical (unpaired) electrons. The number of hydrogen-bond acceptors (Lipinski definition) is 4. The molecule has 0 aliphatic heterocycles. The number of hydrogen-bond donors (Lipinski definition) is 3. The SMILES string of the molecule is O=C(N/N=C/c1cc(Br)c(O)c(Br)c1)c1cc2ccccc2cc1O. The third kappa shape index (κ3) is 3.83. The molecule has 0 atom stereocenters. The lowest BCUT2D eigenvalue weighted by molar-refractivity contribution is 0.0952. The van der Waals surface area contributed by atoms with E-state index in [1.165, 1.54) is 6.21 Å². The predicted octanol–water partition coefficient (Wildman–Crippen LogP) is 4.54. The Labute approximate surface area is 160 Å². The van der Waals surface area contributed by atoms with Gasteiger partial charge in [0.05, 0.1) is 20.7 Å². The fraction of sp³-hybridized carbons (Fsp3) is 0. The molecule has 25 heavy (non-hydrogen) atoms. The second-order valence-electron chi connectivity index (χ2n) is 5.25. The van der Waals surface area contributed by atoms with E-state index in [0.717, 1.165) is 10.8 Å². The molecule has 1 amide bonds. The standard InChI is InChI=1S/C18H12Br2N2O3/c19-14-5-10(6-15(20)17(14)24)9-21-22-18(25)13-7-11-3-1-2-4-12(11)8-16(13)23/h1-9,23-24H,(H,22,25)/b21-9+. The molecule has 0 spiro atoms. The predicted molar refractivity (Wildman–Crippen MR) is 104 cm³/mol. The number of halogens is 2. The summed E-state index contributed by atoms with van der Waals surface area (Å²) in [7, 11) is 0. The highest BCUT2D eigenvalue weighted by Crippen LogP contribution is 2.32. The van der Waals surface area contributed by atoms with Crippen LogP contribution in [0.2, 0.25) is 0 Å². The zero-order valence-electron chi connectivity index (χ0n) is 12.7. The van der Waals surface area contributed by atoms with Crippen molar-refractivity contribution in [2.24, 2.45) is 5.10 Å². The van der Waals surface area contributed by atoms with Gasteiger partial charge in [0.15, 0.2) is 0 Å². The monoisotopic (exact) mass is 462 g/mol. The van der Waals surface area contributed by atoms with E-state index in [1.54, 1.807) is 24.3 Å². The van der Waals surface area contributed by atoms with Crippen molar-refractivity contribution in [3.63, 3.8) is 0 Å². The highest BCUT2D eigenvalue weighted by molar-refractivity contribution is 9.11. The molecule has 0 heterocycles. The average molecular weight is 464 g/mol. The summed E-state index contributed by atoms with van der Waals surface area (Å²) in [5.74, 6) is -0.541. The number of rotatable bonds is 3. The van der Waals surface area contributed by atoms with Crippen LogP contribution >= 0.6 is 31.9 Å². The molecule has 126 valence electrons. The molecule has 5 nitrogen and oxygen atoms in total. The number of fused-ring (bicyclic) bond motifs is 1. The molecule has 3 N–H and O–H groups in total. The molecular weight excluding hydrogens is 452 g/mol. The van der Waals surface area contributed by atoms with Crippen molar-refractivity contribution >= 4 is 54.8 Å². The van der Waals surface area contributed by atoms with Gasteiger partial charge in [-0.1, -0.05) is 24.3 Å². The first kappa shape index (κ1) is 17.4. The van der Waals surface area contributed by atoms with Crippen LogP contribution in [0.15, 0.2) is 62.6 Å². The molecule has 0 saturated carbocycles. The summed E-state index contributed by atoms with van der Waals surface area (Å²) in [6.07, 6.45) is 1.44. The first-order valence-electron chi connectivity index (χ1n) is 7.19. The Balaban J connectivity index is 1.80. The van der Waals surface area contributed by atoms with Crippen LogP contribution in [0.4, 0.5) is 0 Å². The van der Waals surface area contributed by atoms with Gasteiger partial charge in [-0.2, -0.15) is 5.10 Å². The van der Waals surface area contributed by atoms with Gasteiger partial charge in [0.1, 0.15) is 11.5 Å². The van der Waals surface area contributed by atoms with E-state index in [4.69, 9.17) is 0 Å². The minimum atomic E-state index is -0.517. The number of aromatic hydroxyl groups is 2. The van der Waals surface area contributed by atoms with E-state index < -0.39 is 5.91 Å². The van der Waals surface area contributed by atoms with Crippen molar-refractivity contribution in [3.8, 4) is 11.5 Å². The Kier molecular flexibility index (Phi) is 5.06. The van der Waals surface area contributed by atoms with Crippen molar-refractivity contribution in [2.75, 3.05) is 0 Å². The van der Waals surface area contributed by atoms with Gasteiger partial charge < -0.3 is 10.2 Å². The van der Waals surface area contributed by atoms with Gasteiger partial charge in [0.2, 0.25) is 0 Å². The Morgan fingerprint density at radius 3 is 2.24 bits per heavy atom. The summed E-state index contributed by atoms with van der Waals surface area (Å²) in [5, 5.41) is 25.3. The number of hydrazone groups is 1. The van der Waals surface area contributed by atoms with E-state index in [9.17, 15) is 15.0 Å². The zero-order chi connectivity index (χ0) is 18.0. The largest absolute Gasteiger partial charge is 0.507 e. The number of nitrogens with zero attached hydrogens (tertiary/aromatic N) is 1. The number of phenols is 2. The second kappa shape index (κ2) is 7.25. The smallest absolute Gasteiger partial charge is 0.275 e. The summed E-state index contributed by atoms with van der Waals surface area (Å²) in [6, 6.07) is 13.9. The highest BCUT2D eigenvalue weighted by Gasteiger charge is 2.12.